The molecule has 4 aliphatic rings. The molecule has 5 unspecified atom stereocenters. The Kier molecular flexibility index (Phi) is 19.2. The number of nitrogens with zero attached hydrogens (tertiary/aromatic N) is 4. The minimum Gasteiger partial charge on any atom is -0.493 e. The van der Waals surface area contributed by atoms with Gasteiger partial charge in [0.05, 0.1) is 80.6 Å². The van der Waals surface area contributed by atoms with Crippen LogP contribution < -0.4 is 39.8 Å². The Morgan fingerprint density at radius 1 is 0.782 bits per heavy atom. The van der Waals surface area contributed by atoms with Crippen LogP contribution in [0.3, 0.4) is 0 Å². The van der Waals surface area contributed by atoms with E-state index < -0.39 is 59.7 Å². The third-order valence-electron chi connectivity index (χ3n) is 13.9. The van der Waals surface area contributed by atoms with Crippen LogP contribution in [-0.2, 0) is 30.5 Å². The number of anilines is 2. The molecule has 0 saturated carbocycles. The van der Waals surface area contributed by atoms with E-state index in [0.717, 1.165) is 22.5 Å². The molecule has 3 aromatic carbocycles. The highest BCUT2D eigenvalue weighted by molar-refractivity contribution is 6.07. The van der Waals surface area contributed by atoms with E-state index in [9.17, 15) is 39.0 Å². The zero-order chi connectivity index (χ0) is 56.4. The van der Waals surface area contributed by atoms with Crippen LogP contribution in [0.2, 0.25) is 0 Å². The molecule has 0 aromatic heterocycles. The number of aliphatic imine (C=N–C) groups is 1. The third kappa shape index (κ3) is 14.0. The summed E-state index contributed by atoms with van der Waals surface area (Å²) in [5, 5.41) is 29.3. The van der Waals surface area contributed by atoms with Gasteiger partial charge >= 0.3 is 6.09 Å². The van der Waals surface area contributed by atoms with Crippen LogP contribution in [0, 0.1) is 5.92 Å². The van der Waals surface area contributed by atoms with Crippen LogP contribution in [0.1, 0.15) is 120 Å². The summed E-state index contributed by atoms with van der Waals surface area (Å²) in [6.07, 6.45) is 6.29. The Bertz CT molecular complexity index is 2810. The number of aliphatic hydroxyl groups is 2. The molecule has 0 saturated heterocycles. The molecule has 6 amide bonds. The average molecular weight is 1080 g/mol. The highest BCUT2D eigenvalue weighted by Crippen LogP contribution is 2.43. The lowest BCUT2D eigenvalue weighted by atomic mass is 10.0. The number of hydrogen-bond acceptors (Lipinski definition) is 15. The van der Waals surface area contributed by atoms with Gasteiger partial charge in [0.15, 0.2) is 29.2 Å². The first-order chi connectivity index (χ1) is 37.2. The molecule has 7 rings (SSSR count). The van der Waals surface area contributed by atoms with E-state index in [1.54, 1.807) is 67.6 Å². The fourth-order valence-electron chi connectivity index (χ4n) is 9.48. The van der Waals surface area contributed by atoms with Crippen molar-refractivity contribution in [3.05, 3.63) is 88.8 Å². The van der Waals surface area contributed by atoms with Crippen LogP contribution in [0.4, 0.5) is 21.9 Å². The highest BCUT2D eigenvalue weighted by atomic mass is 16.6. The number of ether oxygens (including phenoxy) is 6. The summed E-state index contributed by atoms with van der Waals surface area (Å²) in [6.45, 7) is 12.9. The largest absolute Gasteiger partial charge is 0.493 e. The molecule has 5 atom stereocenters. The molecule has 0 aliphatic carbocycles. The Morgan fingerprint density at radius 2 is 1.41 bits per heavy atom. The number of amides is 6. The number of unbranched alkanes of at least 4 members (excludes halogenated alkanes) is 2. The number of hydrogen-bond donors (Lipinski definition) is 5. The first-order valence-corrected chi connectivity index (χ1v) is 26.3. The molecule has 21 nitrogen and oxygen atoms in total. The first-order valence-electron chi connectivity index (χ1n) is 26.3. The summed E-state index contributed by atoms with van der Waals surface area (Å²) >= 11 is 0. The number of methoxy groups -OCH3 is 2. The van der Waals surface area contributed by atoms with Crippen molar-refractivity contribution in [3.8, 4) is 23.0 Å². The maximum absolute atomic E-state index is 14.2. The zero-order valence-corrected chi connectivity index (χ0v) is 45.9. The molecule has 0 spiro atoms. The molecule has 5 N–H and O–H groups in total. The summed E-state index contributed by atoms with van der Waals surface area (Å²) in [7, 11) is 2.97. The molecule has 0 bridgehead atoms. The molecule has 4 heterocycles. The molecule has 78 heavy (non-hydrogen) atoms. The second-order valence-corrected chi connectivity index (χ2v) is 20.9. The number of rotatable bonds is 24. The molecule has 21 heteroatoms. The number of nitrogens with one attached hydrogen (secondary N) is 3. The fourth-order valence-corrected chi connectivity index (χ4v) is 9.48. The molecule has 0 fully saturated rings. The van der Waals surface area contributed by atoms with E-state index >= 15 is 0 Å². The molecular formula is C57H73N7O14. The Balaban J connectivity index is 0.934. The second kappa shape index (κ2) is 25.8. The van der Waals surface area contributed by atoms with Gasteiger partial charge in [-0.2, -0.15) is 0 Å². The van der Waals surface area contributed by atoms with Gasteiger partial charge < -0.3 is 64.4 Å². The van der Waals surface area contributed by atoms with Gasteiger partial charge in [-0.1, -0.05) is 37.1 Å². The number of carbonyl (C=O) groups excluding carboxylic acids is 6. The predicted molar refractivity (Wildman–Crippen MR) is 290 cm³/mol. The minimum atomic E-state index is -1.51. The van der Waals surface area contributed by atoms with Gasteiger partial charge in [-0.25, -0.2) is 9.69 Å². The van der Waals surface area contributed by atoms with E-state index in [2.05, 4.69) is 20.9 Å². The normalized spacial score (nSPS) is 18.3. The number of fused-ring (bicyclic) bond motifs is 4. The summed E-state index contributed by atoms with van der Waals surface area (Å²) < 4.78 is 35.1. The molecule has 4 aliphatic heterocycles. The zero-order valence-electron chi connectivity index (χ0n) is 45.9. The lowest BCUT2D eigenvalue weighted by Crippen LogP contribution is -2.53. The van der Waals surface area contributed by atoms with Gasteiger partial charge in [0, 0.05) is 43.0 Å². The van der Waals surface area contributed by atoms with Gasteiger partial charge in [0.25, 0.3) is 11.8 Å². The van der Waals surface area contributed by atoms with E-state index in [0.29, 0.717) is 72.7 Å². The highest BCUT2D eigenvalue weighted by Gasteiger charge is 2.45. The van der Waals surface area contributed by atoms with Gasteiger partial charge in [0.1, 0.15) is 18.7 Å². The lowest BCUT2D eigenvalue weighted by Gasteiger charge is -2.31. The van der Waals surface area contributed by atoms with Crippen molar-refractivity contribution in [2.75, 3.05) is 50.9 Å². The quantitative estimate of drug-likeness (QED) is 0.0572. The standard InChI is InChI=1S/C57H73N7O14/c1-33(2)50(61-49(66)17-22-78-57(6,7)18-19-65)52(68)59-36(5)51(67)60-38-15-13-37(14-16-38)32-77-56(72)64-43-28-48(46(74-9)26-41(43)54(70)63-31-35(4)24-44(63)55(64)71)76-21-12-10-11-20-75-47-27-42-40(25-45(47)73-8)53(69)62-30-34(3)23-39(62)29-58-42/h13-16,25-31,33,36,39,44,50,55,65,71H,10-12,17-24,32H2,1-9H3,(H,59,68)(H,60,67)(H,61,66). The number of carbonyl (C=O) groups is 6. The second-order valence-electron chi connectivity index (χ2n) is 20.9. The third-order valence-corrected chi connectivity index (χ3v) is 13.9. The van der Waals surface area contributed by atoms with Crippen LogP contribution in [0.15, 0.2) is 77.1 Å². The maximum atomic E-state index is 14.2. The van der Waals surface area contributed by atoms with Crippen molar-refractivity contribution in [2.45, 2.75) is 136 Å². The SMILES string of the molecule is COc1cc2c(cc1OCCCCCOc1cc3c(cc1OC)C(=O)N1C=C(C)CC1C(O)N3C(=O)OCc1ccc(NC(=O)C(C)NC(=O)C(NC(=O)CCOC(C)(C)CCO)C(C)C)cc1)N=CC1CC(C)=CN1C2=O. The van der Waals surface area contributed by atoms with E-state index in [4.69, 9.17) is 28.4 Å². The smallest absolute Gasteiger partial charge is 0.416 e. The van der Waals surface area contributed by atoms with Crippen LogP contribution >= 0.6 is 0 Å². The lowest BCUT2D eigenvalue weighted by molar-refractivity contribution is -0.132. The van der Waals surface area contributed by atoms with Crippen LogP contribution in [0.25, 0.3) is 0 Å². The van der Waals surface area contributed by atoms with Gasteiger partial charge in [-0.15, -0.1) is 0 Å². The fraction of sp³-hybridized carbons (Fsp3) is 0.491. The maximum Gasteiger partial charge on any atom is 0.416 e. The number of aliphatic hydroxyl groups excluding tert-OH is 2. The Morgan fingerprint density at radius 3 is 2.06 bits per heavy atom. The topological polar surface area (TPSA) is 256 Å². The summed E-state index contributed by atoms with van der Waals surface area (Å²) in [4.78, 5) is 89.6. The molecular weight excluding hydrogens is 1010 g/mol. The Hall–Kier alpha value is -7.49. The monoisotopic (exact) mass is 1080 g/mol. The van der Waals surface area contributed by atoms with Crippen molar-refractivity contribution in [3.63, 3.8) is 0 Å². The van der Waals surface area contributed by atoms with Crippen molar-refractivity contribution >= 4 is 58.9 Å². The van der Waals surface area contributed by atoms with E-state index in [1.165, 1.54) is 38.2 Å². The first kappa shape index (κ1) is 58.2. The predicted octanol–water partition coefficient (Wildman–Crippen LogP) is 6.91. The summed E-state index contributed by atoms with van der Waals surface area (Å²) in [5.41, 5.74) is 3.39. The molecule has 0 radical (unpaired) electrons. The van der Waals surface area contributed by atoms with Crippen molar-refractivity contribution in [1.29, 1.82) is 0 Å². The molecule has 3 aromatic rings. The van der Waals surface area contributed by atoms with Crippen molar-refractivity contribution in [1.82, 2.24) is 20.4 Å². The van der Waals surface area contributed by atoms with Gasteiger partial charge in [-0.05, 0) is 109 Å². The van der Waals surface area contributed by atoms with Crippen molar-refractivity contribution < 1.29 is 67.4 Å². The van der Waals surface area contributed by atoms with E-state index in [-0.39, 0.29) is 73.5 Å². The summed E-state index contributed by atoms with van der Waals surface area (Å²) in [6, 6.07) is 10.1. The average Bonchev–Trinajstić information content (AvgIpc) is 4.03. The summed E-state index contributed by atoms with van der Waals surface area (Å²) in [5.74, 6) is -0.926. The van der Waals surface area contributed by atoms with Crippen molar-refractivity contribution in [2.24, 2.45) is 10.9 Å². The van der Waals surface area contributed by atoms with Crippen LogP contribution in [0.5, 0.6) is 23.0 Å². The van der Waals surface area contributed by atoms with Gasteiger partial charge in [0.2, 0.25) is 17.7 Å². The minimum absolute atomic E-state index is 0.00622. The van der Waals surface area contributed by atoms with Crippen LogP contribution in [-0.4, -0.2) is 139 Å². The van der Waals surface area contributed by atoms with E-state index in [1.807, 2.05) is 33.9 Å². The number of benzene rings is 3. The molecule has 420 valence electrons. The van der Waals surface area contributed by atoms with Gasteiger partial charge in [-0.3, -0.25) is 29.0 Å². The Labute approximate surface area is 454 Å².